The van der Waals surface area contributed by atoms with Crippen molar-refractivity contribution in [3.05, 3.63) is 78.1 Å². The van der Waals surface area contributed by atoms with Crippen molar-refractivity contribution in [2.75, 3.05) is 41.8 Å². The van der Waals surface area contributed by atoms with Gasteiger partial charge in [-0.15, -0.1) is 0 Å². The molecule has 2 amide bonds. The van der Waals surface area contributed by atoms with Crippen molar-refractivity contribution in [2.24, 2.45) is 5.92 Å². The number of carbonyl (C=O) groups is 2. The molecule has 35 heavy (non-hydrogen) atoms. The lowest BCUT2D eigenvalue weighted by Crippen LogP contribution is -2.35. The summed E-state index contributed by atoms with van der Waals surface area (Å²) in [5.74, 6) is 0.898. The second kappa shape index (κ2) is 10.5. The van der Waals surface area contributed by atoms with Crippen molar-refractivity contribution in [2.45, 2.75) is 19.3 Å². The van der Waals surface area contributed by atoms with Crippen LogP contribution in [0.25, 0.3) is 0 Å². The number of carbonyl (C=O) groups excluding carboxylic acids is 2. The van der Waals surface area contributed by atoms with Gasteiger partial charge in [0.1, 0.15) is 5.75 Å². The van der Waals surface area contributed by atoms with Crippen molar-refractivity contribution in [1.29, 1.82) is 0 Å². The molecule has 3 heterocycles. The smallest absolute Gasteiger partial charge is 0.411 e. The van der Waals surface area contributed by atoms with Crippen molar-refractivity contribution < 1.29 is 19.1 Å². The Morgan fingerprint density at radius 3 is 2.51 bits per heavy atom. The molecule has 0 spiro atoms. The van der Waals surface area contributed by atoms with Gasteiger partial charge in [-0.25, -0.2) is 4.79 Å². The van der Waals surface area contributed by atoms with Crippen LogP contribution in [0.1, 0.15) is 28.8 Å². The fourth-order valence-corrected chi connectivity index (χ4v) is 4.48. The van der Waals surface area contributed by atoms with Gasteiger partial charge in [0.15, 0.2) is 0 Å². The monoisotopic (exact) mass is 472 g/mol. The Balaban J connectivity index is 1.12. The molecule has 2 aliphatic heterocycles. The lowest BCUT2D eigenvalue weighted by atomic mass is 9.97. The summed E-state index contributed by atoms with van der Waals surface area (Å²) in [6.07, 6.45) is 5.77. The van der Waals surface area contributed by atoms with Crippen molar-refractivity contribution >= 4 is 29.1 Å². The SMILES string of the molecule is O=C(Nc1ccccc1NC(=O)c1ccc2c(c1)CCO2)OCC1CCN(c2ccncc2)CC1. The molecule has 1 aromatic heterocycles. The number of para-hydroxylation sites is 2. The van der Waals surface area contributed by atoms with E-state index in [1.165, 1.54) is 5.69 Å². The molecule has 2 aliphatic rings. The number of fused-ring (bicyclic) bond motifs is 1. The fourth-order valence-electron chi connectivity index (χ4n) is 4.48. The normalized spacial score (nSPS) is 15.1. The minimum atomic E-state index is -0.530. The predicted octanol–water partition coefficient (Wildman–Crippen LogP) is 4.73. The first-order valence-electron chi connectivity index (χ1n) is 11.9. The number of pyridine rings is 1. The van der Waals surface area contributed by atoms with Crippen LogP contribution in [0.2, 0.25) is 0 Å². The molecule has 0 unspecified atom stereocenters. The summed E-state index contributed by atoms with van der Waals surface area (Å²) < 4.78 is 11.0. The number of rotatable bonds is 6. The van der Waals surface area contributed by atoms with Gasteiger partial charge in [0.25, 0.3) is 5.91 Å². The van der Waals surface area contributed by atoms with Gasteiger partial charge in [0, 0.05) is 43.2 Å². The minimum Gasteiger partial charge on any atom is -0.493 e. The van der Waals surface area contributed by atoms with Crippen LogP contribution in [0.5, 0.6) is 5.75 Å². The molecule has 0 aliphatic carbocycles. The lowest BCUT2D eigenvalue weighted by molar-refractivity contribution is 0.102. The Morgan fingerprint density at radius 1 is 1.00 bits per heavy atom. The predicted molar refractivity (Wildman–Crippen MR) is 134 cm³/mol. The number of aromatic nitrogens is 1. The maximum absolute atomic E-state index is 12.8. The first kappa shape index (κ1) is 22.7. The Kier molecular flexibility index (Phi) is 6.79. The van der Waals surface area contributed by atoms with Gasteiger partial charge in [-0.3, -0.25) is 15.1 Å². The first-order chi connectivity index (χ1) is 17.2. The highest BCUT2D eigenvalue weighted by molar-refractivity contribution is 6.07. The van der Waals surface area contributed by atoms with E-state index < -0.39 is 6.09 Å². The topological polar surface area (TPSA) is 92.8 Å². The van der Waals surface area contributed by atoms with Gasteiger partial charge >= 0.3 is 6.09 Å². The van der Waals surface area contributed by atoms with Crippen LogP contribution in [0.4, 0.5) is 21.9 Å². The molecule has 0 atom stereocenters. The van der Waals surface area contributed by atoms with Gasteiger partial charge in [-0.05, 0) is 66.8 Å². The van der Waals surface area contributed by atoms with Gasteiger partial charge in [-0.2, -0.15) is 0 Å². The molecular weight excluding hydrogens is 444 g/mol. The molecule has 5 rings (SSSR count). The van der Waals surface area contributed by atoms with Crippen LogP contribution in [-0.2, 0) is 11.2 Å². The molecule has 0 bridgehead atoms. The number of amides is 2. The Labute approximate surface area is 204 Å². The summed E-state index contributed by atoms with van der Waals surface area (Å²) in [5, 5.41) is 5.66. The fraction of sp³-hybridized carbons (Fsp3) is 0.296. The summed E-state index contributed by atoms with van der Waals surface area (Å²) >= 11 is 0. The van der Waals surface area contributed by atoms with Crippen LogP contribution in [-0.4, -0.2) is 43.3 Å². The molecule has 0 radical (unpaired) electrons. The molecule has 0 saturated carbocycles. The molecule has 1 fully saturated rings. The summed E-state index contributed by atoms with van der Waals surface area (Å²) in [5.41, 5.74) is 3.74. The number of benzene rings is 2. The lowest BCUT2D eigenvalue weighted by Gasteiger charge is -2.33. The number of hydrogen-bond acceptors (Lipinski definition) is 6. The highest BCUT2D eigenvalue weighted by Gasteiger charge is 2.21. The van der Waals surface area contributed by atoms with Crippen LogP contribution >= 0.6 is 0 Å². The number of nitrogens with one attached hydrogen (secondary N) is 2. The molecular formula is C27H28N4O4. The van der Waals surface area contributed by atoms with Crippen LogP contribution in [0, 0.1) is 5.92 Å². The third-order valence-corrected chi connectivity index (χ3v) is 6.46. The van der Waals surface area contributed by atoms with E-state index in [0.29, 0.717) is 36.1 Å². The standard InChI is InChI=1S/C27H28N4O4/c32-26(21-5-6-25-20(17-21)11-16-34-25)29-23-3-1-2-4-24(23)30-27(33)35-18-19-9-14-31(15-10-19)22-7-12-28-13-8-22/h1-8,12-13,17,19H,9-11,14-16,18H2,(H,29,32)(H,30,33). The van der Waals surface area contributed by atoms with Crippen molar-refractivity contribution in [1.82, 2.24) is 4.98 Å². The van der Waals surface area contributed by atoms with Crippen molar-refractivity contribution in [3.8, 4) is 5.75 Å². The first-order valence-corrected chi connectivity index (χ1v) is 11.9. The van der Waals surface area contributed by atoms with Crippen LogP contribution in [0.3, 0.4) is 0 Å². The van der Waals surface area contributed by atoms with Crippen LogP contribution < -0.4 is 20.3 Å². The second-order valence-corrected chi connectivity index (χ2v) is 8.78. The van der Waals surface area contributed by atoms with E-state index >= 15 is 0 Å². The number of ether oxygens (including phenoxy) is 2. The van der Waals surface area contributed by atoms with E-state index in [0.717, 1.165) is 43.7 Å². The number of hydrogen-bond donors (Lipinski definition) is 2. The number of anilines is 3. The maximum atomic E-state index is 12.8. The molecule has 8 nitrogen and oxygen atoms in total. The van der Waals surface area contributed by atoms with E-state index in [-0.39, 0.29) is 5.91 Å². The third kappa shape index (κ3) is 5.54. The highest BCUT2D eigenvalue weighted by atomic mass is 16.5. The van der Waals surface area contributed by atoms with E-state index in [4.69, 9.17) is 9.47 Å². The van der Waals surface area contributed by atoms with E-state index in [1.807, 2.05) is 24.3 Å². The summed E-state index contributed by atoms with van der Waals surface area (Å²) in [6.45, 7) is 2.84. The molecule has 3 aromatic rings. The van der Waals surface area contributed by atoms with Gasteiger partial charge in [-0.1, -0.05) is 12.1 Å². The molecule has 2 aromatic carbocycles. The summed E-state index contributed by atoms with van der Waals surface area (Å²) in [6, 6.07) is 16.5. The van der Waals surface area contributed by atoms with E-state index in [2.05, 4.69) is 20.5 Å². The molecule has 2 N–H and O–H groups in total. The van der Waals surface area contributed by atoms with E-state index in [9.17, 15) is 9.59 Å². The van der Waals surface area contributed by atoms with E-state index in [1.54, 1.807) is 42.7 Å². The second-order valence-electron chi connectivity index (χ2n) is 8.78. The summed E-state index contributed by atoms with van der Waals surface area (Å²) in [4.78, 5) is 31.7. The largest absolute Gasteiger partial charge is 0.493 e. The van der Waals surface area contributed by atoms with Gasteiger partial charge in [0.2, 0.25) is 0 Å². The highest BCUT2D eigenvalue weighted by Crippen LogP contribution is 2.28. The molecule has 1 saturated heterocycles. The summed E-state index contributed by atoms with van der Waals surface area (Å²) in [7, 11) is 0. The van der Waals surface area contributed by atoms with Crippen molar-refractivity contribution in [3.63, 3.8) is 0 Å². The number of nitrogens with zero attached hydrogens (tertiary/aromatic N) is 2. The Hall–Kier alpha value is -4.07. The zero-order valence-corrected chi connectivity index (χ0v) is 19.4. The Bertz CT molecular complexity index is 1190. The van der Waals surface area contributed by atoms with Crippen LogP contribution in [0.15, 0.2) is 67.0 Å². The minimum absolute atomic E-state index is 0.247. The molecule has 8 heteroatoms. The van der Waals surface area contributed by atoms with Gasteiger partial charge < -0.3 is 19.7 Å². The average Bonchev–Trinajstić information content (AvgIpc) is 3.37. The maximum Gasteiger partial charge on any atom is 0.411 e. The van der Waals surface area contributed by atoms with Gasteiger partial charge in [0.05, 0.1) is 24.6 Å². The Morgan fingerprint density at radius 2 is 1.74 bits per heavy atom. The zero-order chi connectivity index (χ0) is 24.0. The third-order valence-electron chi connectivity index (χ3n) is 6.46. The quantitative estimate of drug-likeness (QED) is 0.539. The number of piperidine rings is 1. The average molecular weight is 473 g/mol. The molecule has 180 valence electrons. The zero-order valence-electron chi connectivity index (χ0n) is 19.4.